The number of nitrogens with zero attached hydrogens (tertiary/aromatic N) is 3. The smallest absolute Gasteiger partial charge is 0.284 e. The number of unbranched alkanes of at least 4 members (excludes halogenated alkanes) is 2. The number of hydrogen-bond donors (Lipinski definition) is 8. The number of phenolic OH excluding ortho intramolecular Hbond substituents is 2. The number of methoxy groups -OCH3 is 1. The Morgan fingerprint density at radius 3 is 2.41 bits per heavy atom. The van der Waals surface area contributed by atoms with E-state index in [1.54, 1.807) is 6.92 Å². The minimum Gasteiger partial charge on any atom is -0.507 e. The van der Waals surface area contributed by atoms with Crippen molar-refractivity contribution in [3.05, 3.63) is 97.6 Å². The van der Waals surface area contributed by atoms with Gasteiger partial charge in [-0.15, -0.1) is 0 Å². The number of aromatic hydroxyl groups is 2. The van der Waals surface area contributed by atoms with Crippen LogP contribution in [0.1, 0.15) is 111 Å². The minimum absolute atomic E-state index is 0.00108. The number of imide groups is 1. The van der Waals surface area contributed by atoms with Crippen molar-refractivity contribution in [1.82, 2.24) is 10.3 Å². The standard InChI is InChI=1S/C45H48N6O15/c1-21-39(56)28(46)17-24(66-21)15-22-18-45(62,19-27-35(22)42(59)38-37(41(27)58)40(57)26-7-6-8-30(65-2)36(26)43(38)60)31(20-52)48-49-44(61)25-11-10-23(16-29(25)51(63)64)47-32(53)9-4-3-5-14-50-33(54)12-13-34(50)55/h6-8,10-13,16,21-22,24,28,39,52,56,58-59,62H,3-5,9,14-15,17-20,46H2,1-2H3,(H,47,53)(H,49,61)/b48-31+/t21-,22-,24-,28-,39+,45+/m0/s1. The van der Waals surface area contributed by atoms with Crippen molar-refractivity contribution >= 4 is 52.3 Å². The quantitative estimate of drug-likeness (QED) is 0.0211. The van der Waals surface area contributed by atoms with E-state index < -0.39 is 129 Å². The Hall–Kier alpha value is -6.91. The normalized spacial score (nSPS) is 23.6. The Morgan fingerprint density at radius 1 is 1.03 bits per heavy atom. The molecule has 2 aliphatic heterocycles. The Morgan fingerprint density at radius 2 is 1.74 bits per heavy atom. The number of carbonyl (C=O) groups excluding carboxylic acids is 6. The molecule has 1 fully saturated rings. The number of ketones is 2. The minimum atomic E-state index is -2.25. The molecule has 0 radical (unpaired) electrons. The molecule has 6 atom stereocenters. The number of benzene rings is 3. The number of hydrogen-bond acceptors (Lipinski definition) is 17. The molecular formula is C45H48N6O15. The third kappa shape index (κ3) is 8.90. The molecule has 21 nitrogen and oxygen atoms in total. The Kier molecular flexibility index (Phi) is 13.5. The highest BCUT2D eigenvalue weighted by atomic mass is 16.6. The molecule has 0 unspecified atom stereocenters. The summed E-state index contributed by atoms with van der Waals surface area (Å²) in [7, 11) is 1.30. The number of anilines is 1. The molecule has 4 amide bonds. The number of hydrazone groups is 1. The maximum Gasteiger partial charge on any atom is 0.284 e. The third-order valence-corrected chi connectivity index (χ3v) is 12.5. The van der Waals surface area contributed by atoms with Gasteiger partial charge in [0.15, 0.2) is 5.78 Å². The highest BCUT2D eigenvalue weighted by Gasteiger charge is 2.49. The Balaban J connectivity index is 1.14. The van der Waals surface area contributed by atoms with Gasteiger partial charge in [0, 0.05) is 66.0 Å². The fourth-order valence-corrected chi connectivity index (χ4v) is 9.26. The van der Waals surface area contributed by atoms with Gasteiger partial charge in [-0.1, -0.05) is 18.6 Å². The van der Waals surface area contributed by atoms with Crippen LogP contribution in [0, 0.1) is 10.1 Å². The molecule has 9 N–H and O–H groups in total. The van der Waals surface area contributed by atoms with E-state index in [9.17, 15) is 64.4 Å². The molecule has 1 saturated heterocycles. The summed E-state index contributed by atoms with van der Waals surface area (Å²) in [6, 6.07) is 6.86. The summed E-state index contributed by atoms with van der Waals surface area (Å²) in [5.74, 6) is -6.39. The van der Waals surface area contributed by atoms with Crippen molar-refractivity contribution in [2.45, 2.75) is 94.2 Å². The van der Waals surface area contributed by atoms with Crippen molar-refractivity contribution in [2.75, 3.05) is 25.6 Å². The number of aliphatic hydroxyl groups is 3. The van der Waals surface area contributed by atoms with E-state index in [0.29, 0.717) is 19.3 Å². The topological polar surface area (TPSA) is 331 Å². The van der Waals surface area contributed by atoms with Gasteiger partial charge >= 0.3 is 0 Å². The van der Waals surface area contributed by atoms with Crippen LogP contribution in [-0.2, 0) is 25.5 Å². The van der Waals surface area contributed by atoms with Crippen molar-refractivity contribution < 1.29 is 68.7 Å². The van der Waals surface area contributed by atoms with Crippen molar-refractivity contribution in [2.24, 2.45) is 10.8 Å². The van der Waals surface area contributed by atoms with Gasteiger partial charge in [0.05, 0.1) is 59.4 Å². The second-order valence-corrected chi connectivity index (χ2v) is 16.7. The number of fused-ring (bicyclic) bond motifs is 3. The van der Waals surface area contributed by atoms with Crippen molar-refractivity contribution in [3.63, 3.8) is 0 Å². The lowest BCUT2D eigenvalue weighted by Gasteiger charge is -2.43. The fourth-order valence-electron chi connectivity index (χ4n) is 9.26. The summed E-state index contributed by atoms with van der Waals surface area (Å²) in [6.45, 7) is 0.803. The average molecular weight is 913 g/mol. The highest BCUT2D eigenvalue weighted by molar-refractivity contribution is 6.31. The molecule has 2 aliphatic carbocycles. The number of nitro groups is 1. The second-order valence-electron chi connectivity index (χ2n) is 16.7. The van der Waals surface area contributed by atoms with Gasteiger partial charge in [-0.3, -0.25) is 43.8 Å². The molecule has 21 heteroatoms. The summed E-state index contributed by atoms with van der Waals surface area (Å²) >= 11 is 0. The van der Waals surface area contributed by atoms with Gasteiger partial charge in [-0.25, -0.2) is 5.43 Å². The first kappa shape index (κ1) is 47.1. The van der Waals surface area contributed by atoms with E-state index in [1.165, 1.54) is 43.5 Å². The largest absolute Gasteiger partial charge is 0.507 e. The maximum atomic E-state index is 14.1. The summed E-state index contributed by atoms with van der Waals surface area (Å²) in [5, 5.41) is 76.1. The fraction of sp³-hybridized carbons (Fsp3) is 0.400. The zero-order valence-corrected chi connectivity index (χ0v) is 35.8. The van der Waals surface area contributed by atoms with Crippen molar-refractivity contribution in [3.8, 4) is 17.2 Å². The van der Waals surface area contributed by atoms with Gasteiger partial charge in [-0.05, 0) is 63.1 Å². The first-order valence-electron chi connectivity index (χ1n) is 21.2. The molecule has 4 aliphatic rings. The summed E-state index contributed by atoms with van der Waals surface area (Å²) in [5.41, 5.74) is 3.00. The zero-order valence-electron chi connectivity index (χ0n) is 35.8. The number of ether oxygens (including phenoxy) is 2. The van der Waals surface area contributed by atoms with Gasteiger partial charge in [0.1, 0.15) is 28.4 Å². The summed E-state index contributed by atoms with van der Waals surface area (Å²) in [6.07, 6.45) is 0.405. The van der Waals surface area contributed by atoms with Crippen molar-refractivity contribution in [1.29, 1.82) is 0 Å². The van der Waals surface area contributed by atoms with Crippen LogP contribution in [0.3, 0.4) is 0 Å². The van der Waals surface area contributed by atoms with E-state index in [2.05, 4.69) is 15.8 Å². The number of rotatable bonds is 15. The first-order chi connectivity index (χ1) is 31.4. The van der Waals surface area contributed by atoms with Gasteiger partial charge in [0.25, 0.3) is 23.4 Å². The number of amides is 4. The van der Waals surface area contributed by atoms with Crippen LogP contribution in [0.25, 0.3) is 0 Å². The van der Waals surface area contributed by atoms with Gasteiger partial charge in [0.2, 0.25) is 11.7 Å². The second kappa shape index (κ2) is 18.9. The maximum absolute atomic E-state index is 14.1. The van der Waals surface area contributed by atoms with Crippen LogP contribution >= 0.6 is 0 Å². The summed E-state index contributed by atoms with van der Waals surface area (Å²) in [4.78, 5) is 90.1. The third-order valence-electron chi connectivity index (χ3n) is 12.5. The van der Waals surface area contributed by atoms with E-state index in [4.69, 9.17) is 15.2 Å². The molecule has 0 aromatic heterocycles. The Bertz CT molecular complexity index is 2580. The number of nitro benzene ring substituents is 1. The summed E-state index contributed by atoms with van der Waals surface area (Å²) < 4.78 is 11.4. The highest BCUT2D eigenvalue weighted by Crippen LogP contribution is 2.53. The van der Waals surface area contributed by atoms with Crippen LogP contribution < -0.4 is 21.2 Å². The average Bonchev–Trinajstić information content (AvgIpc) is 3.60. The number of carbonyl (C=O) groups is 6. The van der Waals surface area contributed by atoms with E-state index >= 15 is 0 Å². The molecule has 3 aromatic carbocycles. The molecule has 2 heterocycles. The molecule has 7 rings (SSSR count). The predicted molar refractivity (Wildman–Crippen MR) is 231 cm³/mol. The molecule has 3 aromatic rings. The number of aliphatic hydroxyl groups excluding tert-OH is 2. The van der Waals surface area contributed by atoms with Crippen LogP contribution in [0.4, 0.5) is 11.4 Å². The van der Waals surface area contributed by atoms with E-state index in [-0.39, 0.29) is 65.9 Å². The number of nitrogens with one attached hydrogen (secondary N) is 2. The lowest BCUT2D eigenvalue weighted by Crippen LogP contribution is -2.52. The van der Waals surface area contributed by atoms with Crippen LogP contribution in [0.2, 0.25) is 0 Å². The lowest BCUT2D eigenvalue weighted by atomic mass is 9.67. The number of phenols is 2. The zero-order chi connectivity index (χ0) is 47.8. The van der Waals surface area contributed by atoms with Gasteiger partial charge in [-0.2, -0.15) is 5.10 Å². The SMILES string of the molecule is COc1cccc2c1C(=O)c1c(O)c3c(c(O)c1C2=O)C[C@@](O)(/C(CO)=N/NC(=O)c1ccc(NC(=O)CCCCCN2C(=O)C=CC2=O)cc1[N+](=O)[O-])C[C@@H]3C[C@H]1C[C@H](N)[C@H](O)[C@H](C)O1. The number of nitrogens with two attached hydrogens (primary N) is 1. The monoisotopic (exact) mass is 912 g/mol. The van der Waals surface area contributed by atoms with Gasteiger partial charge < -0.3 is 46.1 Å². The predicted octanol–water partition coefficient (Wildman–Crippen LogP) is 2.01. The van der Waals surface area contributed by atoms with Crippen LogP contribution in [0.15, 0.2) is 53.7 Å². The van der Waals surface area contributed by atoms with E-state index in [1.807, 2.05) is 0 Å². The first-order valence-corrected chi connectivity index (χ1v) is 21.2. The molecule has 0 bridgehead atoms. The van der Waals surface area contributed by atoms with Crippen LogP contribution in [0.5, 0.6) is 17.2 Å². The lowest BCUT2D eigenvalue weighted by molar-refractivity contribution is -0.385. The molecule has 348 valence electrons. The van der Waals surface area contributed by atoms with E-state index in [0.717, 1.165) is 17.0 Å². The van der Waals surface area contributed by atoms with Crippen LogP contribution in [-0.4, -0.2) is 126 Å². The molecule has 66 heavy (non-hydrogen) atoms. The molecule has 0 saturated carbocycles. The Labute approximate surface area is 376 Å². The molecular weight excluding hydrogens is 865 g/mol. The molecule has 0 spiro atoms.